The Hall–Kier alpha value is -1.94. The molecule has 0 aliphatic carbocycles. The quantitative estimate of drug-likeness (QED) is 0.631. The predicted octanol–water partition coefficient (Wildman–Crippen LogP) is 1.58. The highest BCUT2D eigenvalue weighted by Crippen LogP contribution is 2.17. The first kappa shape index (κ1) is 21.8. The molecule has 0 amide bonds. The molecule has 0 unspecified atom stereocenters. The summed E-state index contributed by atoms with van der Waals surface area (Å²) < 4.78 is 50.7. The molecule has 1 fully saturated rings. The van der Waals surface area contributed by atoms with Crippen molar-refractivity contribution < 1.29 is 16.8 Å². The van der Waals surface area contributed by atoms with Crippen molar-refractivity contribution in [3.05, 3.63) is 54.6 Å². The third-order valence-electron chi connectivity index (χ3n) is 4.98. The predicted molar refractivity (Wildman–Crippen MR) is 114 cm³/mol. The second kappa shape index (κ2) is 9.25. The largest absolute Gasteiger partial charge is 0.369 e. The average molecular weight is 438 g/mol. The van der Waals surface area contributed by atoms with Crippen LogP contribution in [0.5, 0.6) is 0 Å². The van der Waals surface area contributed by atoms with E-state index in [-0.39, 0.29) is 9.79 Å². The van der Waals surface area contributed by atoms with Gasteiger partial charge >= 0.3 is 0 Å². The molecule has 1 saturated heterocycles. The van der Waals surface area contributed by atoms with Crippen LogP contribution in [0, 0.1) is 0 Å². The second-order valence-corrected chi connectivity index (χ2v) is 10.9. The minimum Gasteiger partial charge on any atom is -0.369 e. The summed E-state index contributed by atoms with van der Waals surface area (Å²) in [6.07, 6.45) is 1.75. The summed E-state index contributed by atoms with van der Waals surface area (Å²) in [5.74, 6) is 0. The Morgan fingerprint density at radius 3 is 2.17 bits per heavy atom. The lowest BCUT2D eigenvalue weighted by molar-refractivity contribution is 0.255. The number of hydrogen-bond acceptors (Lipinski definition) is 6. The summed E-state index contributed by atoms with van der Waals surface area (Å²) in [5.41, 5.74) is 1.23. The number of sulfonamides is 1. The van der Waals surface area contributed by atoms with Crippen LogP contribution in [0.3, 0.4) is 0 Å². The summed E-state index contributed by atoms with van der Waals surface area (Å²) in [4.78, 5) is 4.65. The lowest BCUT2D eigenvalue weighted by Gasteiger charge is -2.36. The molecule has 0 atom stereocenters. The summed E-state index contributed by atoms with van der Waals surface area (Å²) in [6, 6.07) is 15.8. The van der Waals surface area contributed by atoms with Gasteiger partial charge in [0.2, 0.25) is 10.0 Å². The van der Waals surface area contributed by atoms with Crippen LogP contribution in [0.15, 0.2) is 64.4 Å². The number of anilines is 1. The summed E-state index contributed by atoms with van der Waals surface area (Å²) in [5, 5.41) is 0. The highest BCUT2D eigenvalue weighted by atomic mass is 32.2. The number of nitrogens with one attached hydrogen (secondary N) is 1. The zero-order chi connectivity index (χ0) is 20.9. The average Bonchev–Trinajstić information content (AvgIpc) is 2.72. The van der Waals surface area contributed by atoms with Gasteiger partial charge in [0.05, 0.1) is 9.79 Å². The van der Waals surface area contributed by atoms with Crippen LogP contribution in [0.4, 0.5) is 5.69 Å². The lowest BCUT2D eigenvalue weighted by atomic mass is 10.2. The molecule has 0 bridgehead atoms. The number of rotatable bonds is 8. The standard InChI is InChI=1S/C20H27N3O4S2/c1-28(24,25)19-9-5-10-20(17-19)29(26,27)21-11-6-12-22-13-15-23(16-14-22)18-7-3-2-4-8-18/h2-5,7-10,17,21H,6,11-16H2,1H3. The summed E-state index contributed by atoms with van der Waals surface area (Å²) in [7, 11) is -7.18. The molecule has 0 spiro atoms. The fourth-order valence-corrected chi connectivity index (χ4v) is 5.19. The van der Waals surface area contributed by atoms with Gasteiger partial charge in [-0.1, -0.05) is 24.3 Å². The molecule has 7 nitrogen and oxygen atoms in total. The van der Waals surface area contributed by atoms with Gasteiger partial charge in [0.25, 0.3) is 0 Å². The Bertz CT molecular complexity index is 1020. The summed E-state index contributed by atoms with van der Waals surface area (Å²) in [6.45, 7) is 4.91. The van der Waals surface area contributed by atoms with Crippen LogP contribution < -0.4 is 9.62 Å². The van der Waals surface area contributed by atoms with E-state index in [0.29, 0.717) is 13.0 Å². The minimum absolute atomic E-state index is 0.00309. The third kappa shape index (κ3) is 6.02. The maximum Gasteiger partial charge on any atom is 0.240 e. The Kier molecular flexibility index (Phi) is 6.94. The van der Waals surface area contributed by atoms with E-state index in [1.165, 1.54) is 30.0 Å². The molecule has 2 aromatic carbocycles. The van der Waals surface area contributed by atoms with Crippen molar-refractivity contribution in [1.82, 2.24) is 9.62 Å². The van der Waals surface area contributed by atoms with Gasteiger partial charge in [0.15, 0.2) is 9.84 Å². The van der Waals surface area contributed by atoms with Crippen LogP contribution in [0.1, 0.15) is 6.42 Å². The van der Waals surface area contributed by atoms with Gasteiger partial charge in [-0.25, -0.2) is 21.6 Å². The number of nitrogens with zero attached hydrogens (tertiary/aromatic N) is 2. The van der Waals surface area contributed by atoms with Gasteiger partial charge in [0.1, 0.15) is 0 Å². The van der Waals surface area contributed by atoms with Crippen molar-refractivity contribution in [3.63, 3.8) is 0 Å². The van der Waals surface area contributed by atoms with Crippen LogP contribution in [-0.2, 0) is 19.9 Å². The normalized spacial score (nSPS) is 16.1. The SMILES string of the molecule is CS(=O)(=O)c1cccc(S(=O)(=O)NCCCN2CCN(c3ccccc3)CC2)c1. The molecule has 0 radical (unpaired) electrons. The molecule has 158 valence electrons. The highest BCUT2D eigenvalue weighted by Gasteiger charge is 2.19. The number of benzene rings is 2. The number of sulfone groups is 1. The van der Waals surface area contributed by atoms with E-state index < -0.39 is 19.9 Å². The molecule has 9 heteroatoms. The first-order valence-corrected chi connectivity index (χ1v) is 13.0. The van der Waals surface area contributed by atoms with E-state index in [1.54, 1.807) is 0 Å². The van der Waals surface area contributed by atoms with Crippen molar-refractivity contribution in [2.75, 3.05) is 50.4 Å². The maximum absolute atomic E-state index is 12.4. The molecule has 29 heavy (non-hydrogen) atoms. The van der Waals surface area contributed by atoms with Gasteiger partial charge in [-0.2, -0.15) is 0 Å². The zero-order valence-corrected chi connectivity index (χ0v) is 18.1. The van der Waals surface area contributed by atoms with Crippen LogP contribution >= 0.6 is 0 Å². The number of para-hydroxylation sites is 1. The molecule has 3 rings (SSSR count). The zero-order valence-electron chi connectivity index (χ0n) is 16.5. The highest BCUT2D eigenvalue weighted by molar-refractivity contribution is 7.91. The molecule has 0 aromatic heterocycles. The molecule has 1 aliphatic rings. The molecule has 1 heterocycles. The Morgan fingerprint density at radius 1 is 0.862 bits per heavy atom. The first-order chi connectivity index (χ1) is 13.8. The summed E-state index contributed by atoms with van der Waals surface area (Å²) >= 11 is 0. The monoisotopic (exact) mass is 437 g/mol. The Labute approximate surface area is 173 Å². The topological polar surface area (TPSA) is 86.8 Å². The minimum atomic E-state index is -3.73. The first-order valence-electron chi connectivity index (χ1n) is 9.58. The van der Waals surface area contributed by atoms with Gasteiger partial charge in [-0.15, -0.1) is 0 Å². The van der Waals surface area contributed by atoms with Crippen LogP contribution in [-0.4, -0.2) is 67.3 Å². The van der Waals surface area contributed by atoms with Crippen LogP contribution in [0.2, 0.25) is 0 Å². The van der Waals surface area contributed by atoms with E-state index in [1.807, 2.05) is 18.2 Å². The molecule has 1 aliphatic heterocycles. The molecular weight excluding hydrogens is 410 g/mol. The third-order valence-corrected chi connectivity index (χ3v) is 7.55. The Balaban J connectivity index is 1.45. The van der Waals surface area contributed by atoms with E-state index in [0.717, 1.165) is 39.0 Å². The molecular formula is C20H27N3O4S2. The lowest BCUT2D eigenvalue weighted by Crippen LogP contribution is -2.47. The van der Waals surface area contributed by atoms with Crippen molar-refractivity contribution in [2.24, 2.45) is 0 Å². The van der Waals surface area contributed by atoms with Gasteiger partial charge in [-0.3, -0.25) is 4.90 Å². The molecule has 2 aromatic rings. The van der Waals surface area contributed by atoms with Crippen molar-refractivity contribution in [3.8, 4) is 0 Å². The smallest absolute Gasteiger partial charge is 0.240 e. The van der Waals surface area contributed by atoms with Gasteiger partial charge < -0.3 is 4.90 Å². The maximum atomic E-state index is 12.4. The Morgan fingerprint density at radius 2 is 1.52 bits per heavy atom. The van der Waals surface area contributed by atoms with Crippen LogP contribution in [0.25, 0.3) is 0 Å². The van der Waals surface area contributed by atoms with E-state index in [4.69, 9.17) is 0 Å². The number of hydrogen-bond donors (Lipinski definition) is 1. The van der Waals surface area contributed by atoms with E-state index in [2.05, 4.69) is 26.7 Å². The van der Waals surface area contributed by atoms with E-state index in [9.17, 15) is 16.8 Å². The number of piperazine rings is 1. The second-order valence-electron chi connectivity index (χ2n) is 7.16. The van der Waals surface area contributed by atoms with Crippen molar-refractivity contribution in [2.45, 2.75) is 16.2 Å². The van der Waals surface area contributed by atoms with E-state index >= 15 is 0 Å². The van der Waals surface area contributed by atoms with Crippen molar-refractivity contribution >= 4 is 25.5 Å². The fourth-order valence-electron chi connectivity index (χ4n) is 3.33. The van der Waals surface area contributed by atoms with Gasteiger partial charge in [0, 0.05) is 44.7 Å². The molecule has 1 N–H and O–H groups in total. The fraction of sp³-hybridized carbons (Fsp3) is 0.400. The molecule has 0 saturated carbocycles. The van der Waals surface area contributed by atoms with Crippen molar-refractivity contribution in [1.29, 1.82) is 0 Å². The van der Waals surface area contributed by atoms with Gasteiger partial charge in [-0.05, 0) is 43.3 Å².